The van der Waals surface area contributed by atoms with Crippen LogP contribution in [0.4, 0.5) is 5.69 Å². The average molecular weight is 249 g/mol. The molecule has 0 unspecified atom stereocenters. The quantitative estimate of drug-likeness (QED) is 0.641. The van der Waals surface area contributed by atoms with Crippen molar-refractivity contribution >= 4 is 17.6 Å². The van der Waals surface area contributed by atoms with Gasteiger partial charge in [-0.2, -0.15) is 0 Å². The molecule has 1 aromatic carbocycles. The fourth-order valence-electron chi connectivity index (χ4n) is 1.65. The minimum Gasteiger partial charge on any atom is -0.481 e. The van der Waals surface area contributed by atoms with Crippen LogP contribution in [0.25, 0.3) is 0 Å². The zero-order valence-electron chi connectivity index (χ0n) is 11.1. The molecule has 98 valence electrons. The number of nitrogens with zero attached hydrogens (tertiary/aromatic N) is 1. The fraction of sp³-hybridized carbons (Fsp3) is 0.429. The van der Waals surface area contributed by atoms with Crippen LogP contribution in [0.15, 0.2) is 23.2 Å². The maximum Gasteiger partial charge on any atom is 0.336 e. The van der Waals surface area contributed by atoms with Gasteiger partial charge in [-0.3, -0.25) is 0 Å². The summed E-state index contributed by atoms with van der Waals surface area (Å²) in [4.78, 5) is 15.4. The molecule has 0 aliphatic carbocycles. The van der Waals surface area contributed by atoms with Gasteiger partial charge in [-0.15, -0.1) is 0 Å². The Hall–Kier alpha value is -1.84. The van der Waals surface area contributed by atoms with E-state index in [1.54, 1.807) is 25.1 Å². The van der Waals surface area contributed by atoms with Crippen molar-refractivity contribution in [3.63, 3.8) is 0 Å². The first-order valence-corrected chi connectivity index (χ1v) is 6.13. The highest BCUT2D eigenvalue weighted by Crippen LogP contribution is 2.22. The third kappa shape index (κ3) is 3.58. The van der Waals surface area contributed by atoms with E-state index in [1.807, 2.05) is 6.92 Å². The molecule has 0 radical (unpaired) electrons. The van der Waals surface area contributed by atoms with Gasteiger partial charge in [-0.25, -0.2) is 9.79 Å². The largest absolute Gasteiger partial charge is 0.481 e. The molecule has 0 fully saturated rings. The summed E-state index contributed by atoms with van der Waals surface area (Å²) in [6, 6.07) is 5.08. The number of aliphatic imine (C=N–C) groups is 1. The van der Waals surface area contributed by atoms with Crippen molar-refractivity contribution < 1.29 is 14.6 Å². The van der Waals surface area contributed by atoms with Crippen LogP contribution in [0.1, 0.15) is 42.6 Å². The first-order chi connectivity index (χ1) is 8.60. The Morgan fingerprint density at radius 2 is 2.11 bits per heavy atom. The van der Waals surface area contributed by atoms with Gasteiger partial charge >= 0.3 is 5.97 Å². The van der Waals surface area contributed by atoms with Gasteiger partial charge in [0.1, 0.15) is 0 Å². The maximum absolute atomic E-state index is 11.0. The predicted molar refractivity (Wildman–Crippen MR) is 71.8 cm³/mol. The van der Waals surface area contributed by atoms with Crippen LogP contribution >= 0.6 is 0 Å². The lowest BCUT2D eigenvalue weighted by molar-refractivity contribution is 0.0696. The van der Waals surface area contributed by atoms with Gasteiger partial charge in [0.25, 0.3) is 0 Å². The fourth-order valence-corrected chi connectivity index (χ4v) is 1.65. The van der Waals surface area contributed by atoms with Crippen LogP contribution in [-0.4, -0.2) is 23.6 Å². The van der Waals surface area contributed by atoms with Crippen LogP contribution in [0.3, 0.4) is 0 Å². The van der Waals surface area contributed by atoms with E-state index in [9.17, 15) is 4.79 Å². The lowest BCUT2D eigenvalue weighted by Gasteiger charge is -2.08. The molecule has 0 aromatic heterocycles. The molecule has 0 spiro atoms. The standard InChI is InChI=1S/C14H19NO3/c1-4-7-13(18-5-2)15-12-9-6-8-11(10(12)3)14(16)17/h6,8-9H,4-5,7H2,1-3H3,(H,16,17). The summed E-state index contributed by atoms with van der Waals surface area (Å²) in [6.45, 7) is 6.29. The summed E-state index contributed by atoms with van der Waals surface area (Å²) in [5.74, 6) is -0.274. The van der Waals surface area contributed by atoms with E-state index >= 15 is 0 Å². The highest BCUT2D eigenvalue weighted by molar-refractivity contribution is 5.91. The molecular weight excluding hydrogens is 230 g/mol. The molecule has 1 aromatic rings. The van der Waals surface area contributed by atoms with Gasteiger partial charge in [0.2, 0.25) is 0 Å². The minimum absolute atomic E-state index is 0.281. The highest BCUT2D eigenvalue weighted by atomic mass is 16.5. The Labute approximate surface area is 107 Å². The molecule has 0 bridgehead atoms. The van der Waals surface area contributed by atoms with Crippen LogP contribution in [0.5, 0.6) is 0 Å². The molecule has 0 saturated heterocycles. The van der Waals surface area contributed by atoms with E-state index in [0.29, 0.717) is 23.8 Å². The lowest BCUT2D eigenvalue weighted by atomic mass is 10.1. The molecule has 0 atom stereocenters. The van der Waals surface area contributed by atoms with Crippen molar-refractivity contribution in [2.45, 2.75) is 33.6 Å². The van der Waals surface area contributed by atoms with Crippen molar-refractivity contribution in [2.24, 2.45) is 4.99 Å². The molecule has 0 saturated carbocycles. The predicted octanol–water partition coefficient (Wildman–Crippen LogP) is 3.56. The number of hydrogen-bond donors (Lipinski definition) is 1. The summed E-state index contributed by atoms with van der Waals surface area (Å²) in [5.41, 5.74) is 1.61. The second-order valence-electron chi connectivity index (χ2n) is 3.94. The van der Waals surface area contributed by atoms with Gasteiger partial charge in [-0.05, 0) is 38.0 Å². The summed E-state index contributed by atoms with van der Waals surface area (Å²) >= 11 is 0. The summed E-state index contributed by atoms with van der Waals surface area (Å²) < 4.78 is 5.44. The van der Waals surface area contributed by atoms with Gasteiger partial charge in [0.15, 0.2) is 5.90 Å². The average Bonchev–Trinajstić information content (AvgIpc) is 2.32. The molecule has 0 aliphatic heterocycles. The Morgan fingerprint density at radius 1 is 1.39 bits per heavy atom. The number of benzene rings is 1. The third-order valence-corrected chi connectivity index (χ3v) is 2.56. The minimum atomic E-state index is -0.932. The van der Waals surface area contributed by atoms with E-state index in [0.717, 1.165) is 12.8 Å². The molecule has 1 rings (SSSR count). The normalized spacial score (nSPS) is 11.4. The Morgan fingerprint density at radius 3 is 2.67 bits per heavy atom. The van der Waals surface area contributed by atoms with Gasteiger partial charge in [0, 0.05) is 6.42 Å². The van der Waals surface area contributed by atoms with Crippen molar-refractivity contribution in [3.05, 3.63) is 29.3 Å². The third-order valence-electron chi connectivity index (χ3n) is 2.56. The van der Waals surface area contributed by atoms with Crippen molar-refractivity contribution in [2.75, 3.05) is 6.61 Å². The van der Waals surface area contributed by atoms with Crippen molar-refractivity contribution in [3.8, 4) is 0 Å². The van der Waals surface area contributed by atoms with Crippen molar-refractivity contribution in [1.82, 2.24) is 0 Å². The SMILES string of the molecule is CCCC(=Nc1cccc(C(=O)O)c1C)OCC. The second kappa shape index (κ2) is 6.79. The van der Waals surface area contributed by atoms with E-state index in [4.69, 9.17) is 9.84 Å². The van der Waals surface area contributed by atoms with Gasteiger partial charge in [-0.1, -0.05) is 13.0 Å². The van der Waals surface area contributed by atoms with Crippen LogP contribution < -0.4 is 0 Å². The van der Waals surface area contributed by atoms with Crippen LogP contribution in [0.2, 0.25) is 0 Å². The van der Waals surface area contributed by atoms with Crippen LogP contribution in [0, 0.1) is 6.92 Å². The first-order valence-electron chi connectivity index (χ1n) is 6.13. The zero-order valence-corrected chi connectivity index (χ0v) is 11.1. The van der Waals surface area contributed by atoms with E-state index in [2.05, 4.69) is 11.9 Å². The molecule has 0 aliphatic rings. The summed E-state index contributed by atoms with van der Waals surface area (Å²) in [6.07, 6.45) is 1.70. The number of carboxylic acid groups (broad SMARTS) is 1. The Kier molecular flexibility index (Phi) is 5.36. The van der Waals surface area contributed by atoms with E-state index in [-0.39, 0.29) is 5.56 Å². The monoisotopic (exact) mass is 249 g/mol. The topological polar surface area (TPSA) is 58.9 Å². The molecule has 4 heteroatoms. The smallest absolute Gasteiger partial charge is 0.336 e. The Bertz CT molecular complexity index is 444. The van der Waals surface area contributed by atoms with Gasteiger partial charge in [0.05, 0.1) is 17.9 Å². The van der Waals surface area contributed by atoms with Crippen molar-refractivity contribution in [1.29, 1.82) is 0 Å². The number of ether oxygens (including phenoxy) is 1. The van der Waals surface area contributed by atoms with Crippen LogP contribution in [-0.2, 0) is 4.74 Å². The van der Waals surface area contributed by atoms with Gasteiger partial charge < -0.3 is 9.84 Å². The molecule has 1 N–H and O–H groups in total. The lowest BCUT2D eigenvalue weighted by Crippen LogP contribution is -2.04. The zero-order chi connectivity index (χ0) is 13.5. The maximum atomic E-state index is 11.0. The molecule has 0 heterocycles. The van der Waals surface area contributed by atoms with E-state index in [1.165, 1.54) is 0 Å². The summed E-state index contributed by atoms with van der Waals surface area (Å²) in [7, 11) is 0. The summed E-state index contributed by atoms with van der Waals surface area (Å²) in [5, 5.41) is 9.05. The number of carboxylic acids is 1. The highest BCUT2D eigenvalue weighted by Gasteiger charge is 2.10. The molecule has 4 nitrogen and oxygen atoms in total. The molecular formula is C14H19NO3. The molecule has 18 heavy (non-hydrogen) atoms. The number of carbonyl (C=O) groups is 1. The number of rotatable bonds is 5. The molecule has 0 amide bonds. The Balaban J connectivity index is 3.12. The number of aromatic carboxylic acids is 1. The van der Waals surface area contributed by atoms with E-state index < -0.39 is 5.97 Å². The number of hydrogen-bond acceptors (Lipinski definition) is 3. The second-order valence-corrected chi connectivity index (χ2v) is 3.94. The first kappa shape index (κ1) is 14.2.